The van der Waals surface area contributed by atoms with Crippen LogP contribution in [0.5, 0.6) is 0 Å². The van der Waals surface area contributed by atoms with Crippen LogP contribution in [0.3, 0.4) is 0 Å². The molecule has 0 bridgehead atoms. The molecule has 0 saturated carbocycles. The van der Waals surface area contributed by atoms with Gasteiger partial charge in [-0.1, -0.05) is 41.6 Å². The smallest absolute Gasteiger partial charge is 0.329 e. The summed E-state index contributed by atoms with van der Waals surface area (Å²) < 4.78 is 8.72. The van der Waals surface area contributed by atoms with Crippen LogP contribution in [0.1, 0.15) is 11.1 Å². The zero-order chi connectivity index (χ0) is 20.4. The van der Waals surface area contributed by atoms with Crippen molar-refractivity contribution in [1.29, 1.82) is 0 Å². The molecule has 0 spiro atoms. The van der Waals surface area contributed by atoms with Crippen molar-refractivity contribution in [2.75, 3.05) is 38.6 Å². The first-order chi connectivity index (χ1) is 14.0. The molecular formula is C20H25N5O3S. The predicted octanol–water partition coefficient (Wildman–Crippen LogP) is 1.20. The number of ether oxygens (including phenoxy) is 1. The maximum absolute atomic E-state index is 12.6. The van der Waals surface area contributed by atoms with Crippen molar-refractivity contribution in [3.05, 3.63) is 56.2 Å². The first-order valence-corrected chi connectivity index (χ1v) is 10.7. The third kappa shape index (κ3) is 4.31. The van der Waals surface area contributed by atoms with Crippen LogP contribution in [0.25, 0.3) is 11.2 Å². The lowest BCUT2D eigenvalue weighted by atomic mass is 10.1. The Hall–Kier alpha value is -2.36. The molecule has 3 aromatic rings. The second kappa shape index (κ2) is 8.56. The van der Waals surface area contributed by atoms with Gasteiger partial charge in [0.25, 0.3) is 5.56 Å². The van der Waals surface area contributed by atoms with Crippen LogP contribution in [0.2, 0.25) is 0 Å². The number of aromatic nitrogens is 4. The van der Waals surface area contributed by atoms with Gasteiger partial charge in [0.15, 0.2) is 16.3 Å². The summed E-state index contributed by atoms with van der Waals surface area (Å²) in [6.07, 6.45) is 0. The standard InChI is InChI=1S/C20H25N5O3S/c1-14-3-5-15(6-4-14)13-25-16-17(23(2)19(27)22-18(16)26)21-20(25)29-12-9-24-7-10-28-11-8-24/h3-6H,7-13H2,1-2H3,(H,22,26,27). The van der Waals surface area contributed by atoms with Gasteiger partial charge in [-0.25, -0.2) is 9.78 Å². The second-order valence-electron chi connectivity index (χ2n) is 7.26. The van der Waals surface area contributed by atoms with Gasteiger partial charge in [-0.05, 0) is 12.5 Å². The number of hydrogen-bond acceptors (Lipinski definition) is 6. The number of fused-ring (bicyclic) bond motifs is 1. The Morgan fingerprint density at radius 3 is 2.62 bits per heavy atom. The molecule has 29 heavy (non-hydrogen) atoms. The monoisotopic (exact) mass is 415 g/mol. The topological polar surface area (TPSA) is 85.2 Å². The maximum atomic E-state index is 12.6. The number of thioether (sulfide) groups is 1. The Bertz CT molecular complexity index is 1110. The van der Waals surface area contributed by atoms with E-state index in [-0.39, 0.29) is 0 Å². The van der Waals surface area contributed by atoms with Crippen molar-refractivity contribution in [1.82, 2.24) is 24.0 Å². The van der Waals surface area contributed by atoms with Crippen molar-refractivity contribution in [3.63, 3.8) is 0 Å². The number of hydrogen-bond donors (Lipinski definition) is 1. The molecule has 9 heteroatoms. The Kier molecular flexibility index (Phi) is 5.89. The minimum Gasteiger partial charge on any atom is -0.379 e. The number of imidazole rings is 1. The van der Waals surface area contributed by atoms with Crippen LogP contribution in [0.4, 0.5) is 0 Å². The quantitative estimate of drug-likeness (QED) is 0.609. The lowest BCUT2D eigenvalue weighted by molar-refractivity contribution is 0.0410. The van der Waals surface area contributed by atoms with Crippen LogP contribution in [-0.4, -0.2) is 62.6 Å². The summed E-state index contributed by atoms with van der Waals surface area (Å²) in [5, 5.41) is 0.750. The number of aryl methyl sites for hydroxylation is 2. The molecule has 154 valence electrons. The molecule has 0 unspecified atom stereocenters. The van der Waals surface area contributed by atoms with E-state index >= 15 is 0 Å². The summed E-state index contributed by atoms with van der Waals surface area (Å²) in [5.41, 5.74) is 2.26. The lowest BCUT2D eigenvalue weighted by Gasteiger charge is -2.26. The molecule has 0 aliphatic carbocycles. The Labute approximate surface area is 172 Å². The summed E-state index contributed by atoms with van der Waals surface area (Å²) in [7, 11) is 1.63. The summed E-state index contributed by atoms with van der Waals surface area (Å²) in [6.45, 7) is 6.92. The Morgan fingerprint density at radius 1 is 1.17 bits per heavy atom. The third-order valence-electron chi connectivity index (χ3n) is 5.18. The fraction of sp³-hybridized carbons (Fsp3) is 0.450. The van der Waals surface area contributed by atoms with E-state index in [0.717, 1.165) is 49.3 Å². The van der Waals surface area contributed by atoms with E-state index in [9.17, 15) is 9.59 Å². The Balaban J connectivity index is 1.66. The first kappa shape index (κ1) is 19.9. The van der Waals surface area contributed by atoms with Gasteiger partial charge in [-0.15, -0.1) is 0 Å². The summed E-state index contributed by atoms with van der Waals surface area (Å²) in [4.78, 5) is 34.0. The van der Waals surface area contributed by atoms with Crippen molar-refractivity contribution in [3.8, 4) is 0 Å². The zero-order valence-corrected chi connectivity index (χ0v) is 17.5. The zero-order valence-electron chi connectivity index (χ0n) is 16.7. The number of benzene rings is 1. The van der Waals surface area contributed by atoms with Gasteiger partial charge >= 0.3 is 5.69 Å². The third-order valence-corrected chi connectivity index (χ3v) is 6.13. The van der Waals surface area contributed by atoms with Gasteiger partial charge in [-0.3, -0.25) is 19.2 Å². The SMILES string of the molecule is Cc1ccc(Cn2c(SCCN3CCOCC3)nc3c2c(=O)[nH]c(=O)n3C)cc1. The van der Waals surface area contributed by atoms with Crippen molar-refractivity contribution < 1.29 is 4.74 Å². The number of nitrogens with one attached hydrogen (secondary N) is 1. The van der Waals surface area contributed by atoms with Gasteiger partial charge in [0.2, 0.25) is 0 Å². The van der Waals surface area contributed by atoms with Crippen LogP contribution in [0.15, 0.2) is 39.0 Å². The Morgan fingerprint density at radius 2 is 1.90 bits per heavy atom. The minimum atomic E-state index is -0.452. The van der Waals surface area contributed by atoms with E-state index in [0.29, 0.717) is 17.7 Å². The highest BCUT2D eigenvalue weighted by Crippen LogP contribution is 2.23. The van der Waals surface area contributed by atoms with Crippen molar-refractivity contribution >= 4 is 22.9 Å². The molecule has 0 amide bonds. The summed E-state index contributed by atoms with van der Waals surface area (Å²) in [6, 6.07) is 8.22. The number of H-pyrrole nitrogens is 1. The number of nitrogens with zero attached hydrogens (tertiary/aromatic N) is 4. The number of rotatable bonds is 6. The van der Waals surface area contributed by atoms with Gasteiger partial charge in [0.05, 0.1) is 19.8 Å². The average Bonchev–Trinajstić information content (AvgIpc) is 3.08. The summed E-state index contributed by atoms with van der Waals surface area (Å²) >= 11 is 1.61. The molecule has 4 rings (SSSR count). The molecule has 0 atom stereocenters. The van der Waals surface area contributed by atoms with E-state index < -0.39 is 11.2 Å². The van der Waals surface area contributed by atoms with E-state index in [2.05, 4.69) is 39.1 Å². The average molecular weight is 416 g/mol. The second-order valence-corrected chi connectivity index (χ2v) is 8.32. The fourth-order valence-corrected chi connectivity index (χ4v) is 4.43. The molecule has 3 heterocycles. The van der Waals surface area contributed by atoms with Crippen LogP contribution >= 0.6 is 11.8 Å². The van der Waals surface area contributed by atoms with Crippen molar-refractivity contribution in [2.45, 2.75) is 18.6 Å². The molecule has 1 aliphatic heterocycles. The molecule has 8 nitrogen and oxygen atoms in total. The maximum Gasteiger partial charge on any atom is 0.329 e. The molecular weight excluding hydrogens is 390 g/mol. The lowest BCUT2D eigenvalue weighted by Crippen LogP contribution is -2.37. The summed E-state index contributed by atoms with van der Waals surface area (Å²) in [5.74, 6) is 0.850. The van der Waals surface area contributed by atoms with Crippen molar-refractivity contribution in [2.24, 2.45) is 7.05 Å². The van der Waals surface area contributed by atoms with Crippen LogP contribution < -0.4 is 11.2 Å². The van der Waals surface area contributed by atoms with Gasteiger partial charge < -0.3 is 9.30 Å². The largest absolute Gasteiger partial charge is 0.379 e. The normalized spacial score (nSPS) is 15.2. The van der Waals surface area contributed by atoms with Gasteiger partial charge in [-0.2, -0.15) is 0 Å². The molecule has 1 saturated heterocycles. The number of morpholine rings is 1. The molecule has 1 aliphatic rings. The van der Waals surface area contributed by atoms with Crippen LogP contribution in [0, 0.1) is 6.92 Å². The first-order valence-electron chi connectivity index (χ1n) is 9.71. The van der Waals surface area contributed by atoms with Gasteiger partial charge in [0, 0.05) is 32.4 Å². The fourth-order valence-electron chi connectivity index (χ4n) is 3.44. The highest BCUT2D eigenvalue weighted by atomic mass is 32.2. The van der Waals surface area contributed by atoms with E-state index in [1.165, 1.54) is 10.1 Å². The molecule has 1 N–H and O–H groups in total. The van der Waals surface area contributed by atoms with E-state index in [4.69, 9.17) is 4.74 Å². The molecule has 1 fully saturated rings. The minimum absolute atomic E-state index is 0.400. The molecule has 0 radical (unpaired) electrons. The number of aromatic amines is 1. The molecule has 1 aromatic carbocycles. The molecule has 2 aromatic heterocycles. The van der Waals surface area contributed by atoms with E-state index in [1.807, 2.05) is 11.5 Å². The highest BCUT2D eigenvalue weighted by molar-refractivity contribution is 7.99. The van der Waals surface area contributed by atoms with Crippen LogP contribution in [-0.2, 0) is 18.3 Å². The van der Waals surface area contributed by atoms with Gasteiger partial charge in [0.1, 0.15) is 0 Å². The van der Waals surface area contributed by atoms with E-state index in [1.54, 1.807) is 18.8 Å². The predicted molar refractivity (Wildman–Crippen MR) is 114 cm³/mol. The highest BCUT2D eigenvalue weighted by Gasteiger charge is 2.18.